The molecule has 0 atom stereocenters. The van der Waals surface area contributed by atoms with Gasteiger partial charge in [0.25, 0.3) is 0 Å². The smallest absolute Gasteiger partial charge is 0.323 e. The van der Waals surface area contributed by atoms with Gasteiger partial charge in [-0.3, -0.25) is 0 Å². The SMILES string of the molecule is COc1cc(NC(=O)Nc2cnc(Oc3ccccc3)nc2)cc(OC)c1. The number of methoxy groups -OCH3 is 2. The first kappa shape index (κ1) is 18.0. The molecule has 2 N–H and O–H groups in total. The standard InChI is InChI=1S/C19H18N4O4/c1-25-16-8-13(9-17(10-16)26-2)22-18(24)23-14-11-20-19(21-12-14)27-15-6-4-3-5-7-15/h3-12H,1-2H3,(H2,22,23,24). The molecule has 0 saturated carbocycles. The molecule has 0 spiro atoms. The monoisotopic (exact) mass is 366 g/mol. The largest absolute Gasteiger partial charge is 0.497 e. The molecule has 1 aromatic heterocycles. The quantitative estimate of drug-likeness (QED) is 0.686. The number of amides is 2. The lowest BCUT2D eigenvalue weighted by molar-refractivity contribution is 0.262. The van der Waals surface area contributed by atoms with Crippen LogP contribution < -0.4 is 24.8 Å². The summed E-state index contributed by atoms with van der Waals surface area (Å²) in [6.45, 7) is 0. The van der Waals surface area contributed by atoms with Gasteiger partial charge in [0, 0.05) is 23.9 Å². The van der Waals surface area contributed by atoms with Crippen LogP contribution in [0.3, 0.4) is 0 Å². The maximum atomic E-state index is 12.2. The number of rotatable bonds is 6. The second-order valence-corrected chi connectivity index (χ2v) is 5.35. The van der Waals surface area contributed by atoms with E-state index in [1.807, 2.05) is 18.2 Å². The first-order valence-electron chi connectivity index (χ1n) is 8.02. The molecule has 8 heteroatoms. The summed E-state index contributed by atoms with van der Waals surface area (Å²) in [7, 11) is 3.07. The van der Waals surface area contributed by atoms with Crippen molar-refractivity contribution in [2.75, 3.05) is 24.9 Å². The molecule has 3 rings (SSSR count). The van der Waals surface area contributed by atoms with Crippen LogP contribution in [0.5, 0.6) is 23.3 Å². The van der Waals surface area contributed by atoms with Crippen LogP contribution in [-0.2, 0) is 0 Å². The van der Waals surface area contributed by atoms with Crippen LogP contribution in [0.25, 0.3) is 0 Å². The Morgan fingerprint density at radius 1 is 0.815 bits per heavy atom. The Morgan fingerprint density at radius 3 is 2.00 bits per heavy atom. The van der Waals surface area contributed by atoms with Crippen molar-refractivity contribution >= 4 is 17.4 Å². The highest BCUT2D eigenvalue weighted by Gasteiger charge is 2.08. The zero-order valence-corrected chi connectivity index (χ0v) is 14.8. The van der Waals surface area contributed by atoms with E-state index in [4.69, 9.17) is 14.2 Å². The number of anilines is 2. The highest BCUT2D eigenvalue weighted by molar-refractivity contribution is 5.99. The van der Waals surface area contributed by atoms with Gasteiger partial charge in [0.1, 0.15) is 17.2 Å². The molecule has 0 unspecified atom stereocenters. The minimum Gasteiger partial charge on any atom is -0.497 e. The summed E-state index contributed by atoms with van der Waals surface area (Å²) < 4.78 is 15.9. The minimum absolute atomic E-state index is 0.185. The zero-order chi connectivity index (χ0) is 19.1. The first-order chi connectivity index (χ1) is 13.2. The number of nitrogens with one attached hydrogen (secondary N) is 2. The average molecular weight is 366 g/mol. The van der Waals surface area contributed by atoms with Gasteiger partial charge in [-0.1, -0.05) is 18.2 Å². The average Bonchev–Trinajstić information content (AvgIpc) is 2.70. The van der Waals surface area contributed by atoms with Gasteiger partial charge in [0.15, 0.2) is 0 Å². The molecule has 0 aliphatic heterocycles. The van der Waals surface area contributed by atoms with Crippen LogP contribution in [0.1, 0.15) is 0 Å². The highest BCUT2D eigenvalue weighted by atomic mass is 16.5. The van der Waals surface area contributed by atoms with Crippen molar-refractivity contribution in [3.8, 4) is 23.3 Å². The molecule has 1 heterocycles. The Bertz CT molecular complexity index is 879. The van der Waals surface area contributed by atoms with Crippen LogP contribution in [0.2, 0.25) is 0 Å². The lowest BCUT2D eigenvalue weighted by Gasteiger charge is -2.11. The van der Waals surface area contributed by atoms with Crippen molar-refractivity contribution in [3.05, 3.63) is 60.9 Å². The number of urea groups is 1. The topological polar surface area (TPSA) is 94.6 Å². The number of carbonyl (C=O) groups excluding carboxylic acids is 1. The van der Waals surface area contributed by atoms with Crippen molar-refractivity contribution in [1.82, 2.24) is 9.97 Å². The van der Waals surface area contributed by atoms with E-state index in [1.165, 1.54) is 26.6 Å². The number of hydrogen-bond donors (Lipinski definition) is 2. The molecular weight excluding hydrogens is 348 g/mol. The van der Waals surface area contributed by atoms with Crippen LogP contribution in [-0.4, -0.2) is 30.2 Å². The van der Waals surface area contributed by atoms with E-state index in [1.54, 1.807) is 30.3 Å². The van der Waals surface area contributed by atoms with Crippen LogP contribution in [0, 0.1) is 0 Å². The summed E-state index contributed by atoms with van der Waals surface area (Å²) in [5.41, 5.74) is 0.941. The van der Waals surface area contributed by atoms with Crippen LogP contribution in [0.15, 0.2) is 60.9 Å². The molecule has 2 amide bonds. The summed E-state index contributed by atoms with van der Waals surface area (Å²) in [4.78, 5) is 20.3. The predicted molar refractivity (Wildman–Crippen MR) is 101 cm³/mol. The molecule has 0 bridgehead atoms. The van der Waals surface area contributed by atoms with Gasteiger partial charge >= 0.3 is 12.0 Å². The molecule has 2 aromatic carbocycles. The van der Waals surface area contributed by atoms with Gasteiger partial charge in [-0.05, 0) is 12.1 Å². The van der Waals surface area contributed by atoms with Crippen LogP contribution >= 0.6 is 0 Å². The number of nitrogens with zero attached hydrogens (tertiary/aromatic N) is 2. The number of aromatic nitrogens is 2. The van der Waals surface area contributed by atoms with E-state index in [2.05, 4.69) is 20.6 Å². The lowest BCUT2D eigenvalue weighted by atomic mass is 10.3. The van der Waals surface area contributed by atoms with E-state index in [0.29, 0.717) is 28.6 Å². The normalized spacial score (nSPS) is 10.0. The first-order valence-corrected chi connectivity index (χ1v) is 8.02. The van der Waals surface area contributed by atoms with E-state index < -0.39 is 6.03 Å². The second-order valence-electron chi connectivity index (χ2n) is 5.35. The predicted octanol–water partition coefficient (Wildman–Crippen LogP) is 3.93. The summed E-state index contributed by atoms with van der Waals surface area (Å²) in [6, 6.07) is 14.0. The Morgan fingerprint density at radius 2 is 1.41 bits per heavy atom. The van der Waals surface area contributed by atoms with Gasteiger partial charge in [-0.15, -0.1) is 0 Å². The molecule has 138 valence electrons. The molecule has 8 nitrogen and oxygen atoms in total. The third-order valence-corrected chi connectivity index (χ3v) is 3.45. The molecule has 0 aliphatic carbocycles. The van der Waals surface area contributed by atoms with E-state index >= 15 is 0 Å². The summed E-state index contributed by atoms with van der Waals surface area (Å²) >= 11 is 0. The number of benzene rings is 2. The van der Waals surface area contributed by atoms with Gasteiger partial charge in [-0.2, -0.15) is 0 Å². The number of para-hydroxylation sites is 1. The molecule has 0 radical (unpaired) electrons. The Labute approximate surface area is 156 Å². The molecule has 0 fully saturated rings. The number of ether oxygens (including phenoxy) is 3. The van der Waals surface area contributed by atoms with Crippen molar-refractivity contribution in [1.29, 1.82) is 0 Å². The summed E-state index contributed by atoms with van der Waals surface area (Å²) in [6.07, 6.45) is 2.91. The summed E-state index contributed by atoms with van der Waals surface area (Å²) in [5.74, 6) is 1.76. The Balaban J connectivity index is 1.61. The molecule has 27 heavy (non-hydrogen) atoms. The maximum Gasteiger partial charge on any atom is 0.323 e. The van der Waals surface area contributed by atoms with Crippen molar-refractivity contribution in [2.24, 2.45) is 0 Å². The lowest BCUT2D eigenvalue weighted by Crippen LogP contribution is -2.19. The minimum atomic E-state index is -0.453. The van der Waals surface area contributed by atoms with Gasteiger partial charge in [-0.25, -0.2) is 14.8 Å². The van der Waals surface area contributed by atoms with Crippen molar-refractivity contribution < 1.29 is 19.0 Å². The van der Waals surface area contributed by atoms with Gasteiger partial charge in [0.2, 0.25) is 0 Å². The fraction of sp³-hybridized carbons (Fsp3) is 0.105. The van der Waals surface area contributed by atoms with Crippen LogP contribution in [0.4, 0.5) is 16.2 Å². The van der Waals surface area contributed by atoms with E-state index in [0.717, 1.165) is 0 Å². The summed E-state index contributed by atoms with van der Waals surface area (Å²) in [5, 5.41) is 5.34. The second kappa shape index (κ2) is 8.52. The van der Waals surface area contributed by atoms with Crippen molar-refractivity contribution in [2.45, 2.75) is 0 Å². The van der Waals surface area contributed by atoms with Gasteiger partial charge in [0.05, 0.1) is 32.3 Å². The third-order valence-electron chi connectivity index (χ3n) is 3.45. The van der Waals surface area contributed by atoms with E-state index in [9.17, 15) is 4.79 Å². The fourth-order valence-electron chi connectivity index (χ4n) is 2.20. The molecule has 0 saturated heterocycles. The third kappa shape index (κ3) is 5.08. The Kier molecular flexibility index (Phi) is 5.68. The number of carbonyl (C=O) groups is 1. The van der Waals surface area contributed by atoms with E-state index in [-0.39, 0.29) is 6.01 Å². The van der Waals surface area contributed by atoms with Crippen molar-refractivity contribution in [3.63, 3.8) is 0 Å². The zero-order valence-electron chi connectivity index (χ0n) is 14.8. The molecule has 3 aromatic rings. The highest BCUT2D eigenvalue weighted by Crippen LogP contribution is 2.26. The maximum absolute atomic E-state index is 12.2. The number of hydrogen-bond acceptors (Lipinski definition) is 6. The van der Waals surface area contributed by atoms with Gasteiger partial charge < -0.3 is 24.8 Å². The molecule has 0 aliphatic rings. The fourth-order valence-corrected chi connectivity index (χ4v) is 2.20. The molecular formula is C19H18N4O4. The Hall–Kier alpha value is -3.81.